The van der Waals surface area contributed by atoms with Gasteiger partial charge < -0.3 is 24.8 Å². The number of methoxy groups -OCH3 is 1. The Balaban J connectivity index is 2.07. The van der Waals surface area contributed by atoms with E-state index in [4.69, 9.17) is 25.8 Å². The summed E-state index contributed by atoms with van der Waals surface area (Å²) in [5.41, 5.74) is 1.39. The summed E-state index contributed by atoms with van der Waals surface area (Å²) in [6.07, 6.45) is 3.82. The topological polar surface area (TPSA) is 111 Å². The highest BCUT2D eigenvalue weighted by Gasteiger charge is 2.29. The first kappa shape index (κ1) is 26.3. The van der Waals surface area contributed by atoms with E-state index in [1.165, 1.54) is 7.11 Å². The van der Waals surface area contributed by atoms with Crippen molar-refractivity contribution in [2.45, 2.75) is 32.6 Å². The van der Waals surface area contributed by atoms with Gasteiger partial charge >= 0.3 is 0 Å². The van der Waals surface area contributed by atoms with E-state index in [0.717, 1.165) is 19.3 Å². The minimum absolute atomic E-state index is 0.0487. The fraction of sp³-hybridized carbons (Fsp3) is 0.478. The van der Waals surface area contributed by atoms with Crippen LogP contribution in [0.15, 0.2) is 39.8 Å². The maximum atomic E-state index is 12.7. The molecule has 0 heterocycles. The molecule has 0 bridgehead atoms. The number of allylic oxidation sites excluding steroid dienone is 2. The van der Waals surface area contributed by atoms with Gasteiger partial charge in [-0.05, 0) is 50.3 Å². The lowest BCUT2D eigenvalue weighted by Crippen LogP contribution is -2.36. The molecule has 33 heavy (non-hydrogen) atoms. The van der Waals surface area contributed by atoms with Gasteiger partial charge in [0.25, 0.3) is 0 Å². The summed E-state index contributed by atoms with van der Waals surface area (Å²) in [7, 11) is 3.22. The third-order valence-corrected chi connectivity index (χ3v) is 5.67. The van der Waals surface area contributed by atoms with E-state index in [1.54, 1.807) is 32.2 Å². The highest BCUT2D eigenvalue weighted by molar-refractivity contribution is 6.31. The number of carbonyl (C=O) groups excluding carboxylic acids is 2. The zero-order valence-corrected chi connectivity index (χ0v) is 20.0. The number of aldehydes is 1. The lowest BCUT2D eigenvalue weighted by atomic mass is 9.81. The van der Waals surface area contributed by atoms with Gasteiger partial charge in [0.1, 0.15) is 5.75 Å². The van der Waals surface area contributed by atoms with Crippen molar-refractivity contribution >= 4 is 36.4 Å². The molecule has 0 saturated heterocycles. The van der Waals surface area contributed by atoms with Crippen molar-refractivity contribution in [1.29, 1.82) is 0 Å². The molecular weight excluding hydrogens is 448 g/mol. The van der Waals surface area contributed by atoms with Crippen molar-refractivity contribution in [1.82, 2.24) is 10.6 Å². The van der Waals surface area contributed by atoms with Crippen LogP contribution in [0, 0.1) is 11.8 Å². The van der Waals surface area contributed by atoms with Crippen LogP contribution >= 0.6 is 11.6 Å². The molecule has 0 aromatic heterocycles. The average molecular weight is 479 g/mol. The number of hydrogen-bond acceptors (Lipinski definition) is 8. The summed E-state index contributed by atoms with van der Waals surface area (Å²) in [6, 6.07) is 5.06. The molecule has 1 fully saturated rings. The Bertz CT molecular complexity index is 903. The summed E-state index contributed by atoms with van der Waals surface area (Å²) in [5, 5.41) is 13.7. The van der Waals surface area contributed by atoms with Crippen molar-refractivity contribution < 1.29 is 23.8 Å². The fourth-order valence-electron chi connectivity index (χ4n) is 3.60. The van der Waals surface area contributed by atoms with E-state index >= 15 is 0 Å². The number of nitrogens with zero attached hydrogens (tertiary/aromatic N) is 2. The van der Waals surface area contributed by atoms with Crippen molar-refractivity contribution in [3.8, 4) is 5.75 Å². The summed E-state index contributed by atoms with van der Waals surface area (Å²) in [6.45, 7) is 5.54. The van der Waals surface area contributed by atoms with Crippen LogP contribution in [0.3, 0.4) is 0 Å². The predicted molar refractivity (Wildman–Crippen MR) is 127 cm³/mol. The monoisotopic (exact) mass is 478 g/mol. The molecule has 1 aliphatic rings. The number of hydrogen-bond donors (Lipinski definition) is 2. The van der Waals surface area contributed by atoms with Crippen LogP contribution in [0.2, 0.25) is 5.02 Å². The second-order valence-electron chi connectivity index (χ2n) is 7.67. The Morgan fingerprint density at radius 2 is 2.15 bits per heavy atom. The predicted octanol–water partition coefficient (Wildman–Crippen LogP) is 3.27. The molecule has 1 amide bonds. The van der Waals surface area contributed by atoms with Crippen LogP contribution in [0.25, 0.3) is 0 Å². The molecule has 0 spiro atoms. The molecule has 2 unspecified atom stereocenters. The van der Waals surface area contributed by atoms with Crippen LogP contribution in [-0.2, 0) is 19.1 Å². The van der Waals surface area contributed by atoms with Gasteiger partial charge in [-0.1, -0.05) is 18.0 Å². The van der Waals surface area contributed by atoms with Crippen LogP contribution < -0.4 is 15.4 Å². The number of amides is 1. The Kier molecular flexibility index (Phi) is 10.9. The first-order chi connectivity index (χ1) is 15.9. The largest absolute Gasteiger partial charge is 0.476 e. The third kappa shape index (κ3) is 7.87. The second-order valence-corrected chi connectivity index (χ2v) is 8.11. The molecule has 2 N–H and O–H groups in total. The normalized spacial score (nSPS) is 19.2. The summed E-state index contributed by atoms with van der Waals surface area (Å²) >= 11 is 6.16. The highest BCUT2D eigenvalue weighted by atomic mass is 35.5. The molecular formula is C23H31ClN4O5. The van der Waals surface area contributed by atoms with E-state index in [2.05, 4.69) is 27.6 Å². The average Bonchev–Trinajstić information content (AvgIpc) is 2.83. The smallest absolute Gasteiger partial charge is 0.244 e. The van der Waals surface area contributed by atoms with Gasteiger partial charge in [0.15, 0.2) is 13.1 Å². The minimum Gasteiger partial charge on any atom is -0.476 e. The number of nitrogens with one attached hydrogen (secondary N) is 2. The van der Waals surface area contributed by atoms with Crippen LogP contribution in [0.1, 0.15) is 38.2 Å². The van der Waals surface area contributed by atoms with E-state index in [-0.39, 0.29) is 36.1 Å². The van der Waals surface area contributed by atoms with E-state index in [9.17, 15) is 9.59 Å². The number of rotatable bonds is 11. The number of halogens is 1. The van der Waals surface area contributed by atoms with Crippen molar-refractivity contribution in [3.63, 3.8) is 0 Å². The van der Waals surface area contributed by atoms with Crippen molar-refractivity contribution in [2.75, 3.05) is 27.6 Å². The maximum Gasteiger partial charge on any atom is 0.244 e. The summed E-state index contributed by atoms with van der Waals surface area (Å²) in [5.74, 6) is 0.458. The SMILES string of the molecule is C=N/N=C(\OCC1CCCC(C(=O)N/C(C=O)=C(\C)NC)C1)c1cc(Cl)ccc1OCOC. The molecule has 10 heteroatoms. The van der Waals surface area contributed by atoms with Gasteiger partial charge in [0.2, 0.25) is 11.8 Å². The van der Waals surface area contributed by atoms with E-state index < -0.39 is 0 Å². The summed E-state index contributed by atoms with van der Waals surface area (Å²) < 4.78 is 16.6. The minimum atomic E-state index is -0.211. The number of carbonyl (C=O) groups is 2. The van der Waals surface area contributed by atoms with Gasteiger partial charge in [-0.25, -0.2) is 0 Å². The first-order valence-corrected chi connectivity index (χ1v) is 11.0. The van der Waals surface area contributed by atoms with E-state index in [0.29, 0.717) is 41.3 Å². The summed E-state index contributed by atoms with van der Waals surface area (Å²) in [4.78, 5) is 24.0. The second kappa shape index (κ2) is 13.6. The molecule has 1 aliphatic carbocycles. The van der Waals surface area contributed by atoms with Crippen LogP contribution in [-0.4, -0.2) is 52.4 Å². The maximum absolute atomic E-state index is 12.7. The molecule has 2 atom stereocenters. The van der Waals surface area contributed by atoms with Gasteiger partial charge in [-0.3, -0.25) is 9.59 Å². The van der Waals surface area contributed by atoms with Crippen LogP contribution in [0.5, 0.6) is 5.75 Å². The molecule has 0 radical (unpaired) electrons. The van der Waals surface area contributed by atoms with E-state index in [1.807, 2.05) is 0 Å². The van der Waals surface area contributed by atoms with Crippen LogP contribution in [0.4, 0.5) is 0 Å². The Hall–Kier alpha value is -2.91. The zero-order valence-electron chi connectivity index (χ0n) is 19.2. The molecule has 1 aromatic carbocycles. The number of ether oxygens (including phenoxy) is 3. The molecule has 2 rings (SSSR count). The quantitative estimate of drug-likeness (QED) is 0.126. The number of benzene rings is 1. The van der Waals surface area contributed by atoms with Crippen molar-refractivity contribution in [2.24, 2.45) is 22.0 Å². The Labute approximate surface area is 199 Å². The third-order valence-electron chi connectivity index (χ3n) is 5.43. The van der Waals surface area contributed by atoms with Crippen molar-refractivity contribution in [3.05, 3.63) is 40.2 Å². The molecule has 9 nitrogen and oxygen atoms in total. The molecule has 1 aromatic rings. The molecule has 0 aliphatic heterocycles. The lowest BCUT2D eigenvalue weighted by Gasteiger charge is -2.28. The Morgan fingerprint density at radius 1 is 1.36 bits per heavy atom. The standard InChI is InChI=1S/C23H31ClN4O5/c1-15(25-2)20(12-29)27-22(30)17-7-5-6-16(10-17)13-32-23(28-26-3)19-11-18(24)8-9-21(19)33-14-31-4/h8-9,11-12,16-17,25H,3,5-7,10,13-14H2,1-2,4H3,(H,27,30)/b20-15+,28-23-. The fourth-order valence-corrected chi connectivity index (χ4v) is 3.77. The zero-order chi connectivity index (χ0) is 24.2. The van der Waals surface area contributed by atoms with Gasteiger partial charge in [0, 0.05) is 37.5 Å². The Morgan fingerprint density at radius 3 is 2.82 bits per heavy atom. The molecule has 1 saturated carbocycles. The molecule has 180 valence electrons. The van der Waals surface area contributed by atoms with Gasteiger partial charge in [0.05, 0.1) is 17.9 Å². The van der Waals surface area contributed by atoms with Gasteiger partial charge in [-0.2, -0.15) is 5.10 Å². The first-order valence-electron chi connectivity index (χ1n) is 10.7. The van der Waals surface area contributed by atoms with Gasteiger partial charge in [-0.15, -0.1) is 5.10 Å². The lowest BCUT2D eigenvalue weighted by molar-refractivity contribution is -0.126. The highest BCUT2D eigenvalue weighted by Crippen LogP contribution is 2.31.